The molecule has 0 spiro atoms. The number of rotatable bonds is 5. The predicted molar refractivity (Wildman–Crippen MR) is 72.7 cm³/mol. The summed E-state index contributed by atoms with van der Waals surface area (Å²) in [6.07, 6.45) is 4.55. The Morgan fingerprint density at radius 2 is 2.18 bits per heavy atom. The molecule has 0 unspecified atom stereocenters. The number of likely N-dealkylation sites (tertiary alicyclic amines) is 1. The Morgan fingerprint density at radius 1 is 1.41 bits per heavy atom. The molecular weight excluding hydrogens is 234 g/mol. The number of alkyl halides is 1. The maximum absolute atomic E-state index is 5.80. The first-order valence-corrected chi connectivity index (χ1v) is 6.77. The van der Waals surface area contributed by atoms with Gasteiger partial charge in [-0.3, -0.25) is 4.98 Å². The Labute approximate surface area is 108 Å². The van der Waals surface area contributed by atoms with Crippen LogP contribution in [0.3, 0.4) is 0 Å². The zero-order chi connectivity index (χ0) is 12.1. The van der Waals surface area contributed by atoms with Crippen molar-refractivity contribution in [1.82, 2.24) is 9.88 Å². The van der Waals surface area contributed by atoms with Gasteiger partial charge in [-0.05, 0) is 38.1 Å². The number of anilines is 1. The van der Waals surface area contributed by atoms with Crippen molar-refractivity contribution in [2.45, 2.75) is 18.7 Å². The molecule has 1 aliphatic heterocycles. The van der Waals surface area contributed by atoms with Crippen LogP contribution in [0.2, 0.25) is 0 Å². The molecule has 0 radical (unpaired) electrons. The number of pyridine rings is 1. The summed E-state index contributed by atoms with van der Waals surface area (Å²) in [5, 5.41) is 0. The zero-order valence-electron chi connectivity index (χ0n) is 10.4. The van der Waals surface area contributed by atoms with E-state index in [0.717, 1.165) is 18.8 Å². The van der Waals surface area contributed by atoms with Gasteiger partial charge in [0, 0.05) is 32.0 Å². The van der Waals surface area contributed by atoms with E-state index in [1.807, 2.05) is 12.3 Å². The van der Waals surface area contributed by atoms with Crippen LogP contribution in [0.4, 0.5) is 5.69 Å². The van der Waals surface area contributed by atoms with Gasteiger partial charge in [-0.1, -0.05) is 0 Å². The lowest BCUT2D eigenvalue weighted by molar-refractivity contribution is 0.346. The van der Waals surface area contributed by atoms with Crippen LogP contribution in [-0.2, 0) is 5.88 Å². The molecule has 1 fully saturated rings. The maximum atomic E-state index is 5.80. The number of aromatic nitrogens is 1. The van der Waals surface area contributed by atoms with Crippen molar-refractivity contribution in [1.29, 1.82) is 0 Å². The normalized spacial score (nSPS) is 16.4. The monoisotopic (exact) mass is 253 g/mol. The predicted octanol–water partition coefficient (Wildman–Crippen LogP) is 2.35. The molecule has 0 aliphatic carbocycles. The van der Waals surface area contributed by atoms with Crippen molar-refractivity contribution >= 4 is 17.3 Å². The van der Waals surface area contributed by atoms with Crippen LogP contribution in [0.15, 0.2) is 18.3 Å². The quantitative estimate of drug-likeness (QED) is 0.751. The molecule has 2 heterocycles. The van der Waals surface area contributed by atoms with E-state index in [4.69, 9.17) is 11.6 Å². The van der Waals surface area contributed by atoms with E-state index in [0.29, 0.717) is 5.88 Å². The molecule has 1 aliphatic rings. The minimum atomic E-state index is 0.480. The smallest absolute Gasteiger partial charge is 0.0648 e. The van der Waals surface area contributed by atoms with E-state index in [1.165, 1.54) is 31.6 Å². The molecule has 0 saturated carbocycles. The van der Waals surface area contributed by atoms with Gasteiger partial charge in [-0.25, -0.2) is 0 Å². The van der Waals surface area contributed by atoms with E-state index in [1.54, 1.807) is 0 Å². The Bertz CT molecular complexity index is 350. The second kappa shape index (κ2) is 6.22. The van der Waals surface area contributed by atoms with E-state index in [9.17, 15) is 0 Å². The highest BCUT2D eigenvalue weighted by Gasteiger charge is 2.12. The summed E-state index contributed by atoms with van der Waals surface area (Å²) in [4.78, 5) is 9.01. The van der Waals surface area contributed by atoms with Crippen LogP contribution >= 0.6 is 11.6 Å². The minimum Gasteiger partial charge on any atom is -0.373 e. The molecule has 0 N–H and O–H groups in total. The summed E-state index contributed by atoms with van der Waals surface area (Å²) in [5.41, 5.74) is 2.15. The number of halogens is 1. The second-order valence-corrected chi connectivity index (χ2v) is 4.88. The number of nitrogens with zero attached hydrogens (tertiary/aromatic N) is 3. The van der Waals surface area contributed by atoms with Crippen molar-refractivity contribution < 1.29 is 0 Å². The van der Waals surface area contributed by atoms with E-state index in [2.05, 4.69) is 27.9 Å². The van der Waals surface area contributed by atoms with Gasteiger partial charge in [0.05, 0.1) is 11.6 Å². The molecule has 4 heteroatoms. The van der Waals surface area contributed by atoms with Crippen LogP contribution in [0.25, 0.3) is 0 Å². The second-order valence-electron chi connectivity index (χ2n) is 4.61. The Kier molecular flexibility index (Phi) is 4.63. The summed E-state index contributed by atoms with van der Waals surface area (Å²) < 4.78 is 0. The Balaban J connectivity index is 1.87. The topological polar surface area (TPSA) is 19.4 Å². The molecule has 3 nitrogen and oxygen atoms in total. The number of hydrogen-bond donors (Lipinski definition) is 0. The Hall–Kier alpha value is -0.800. The van der Waals surface area contributed by atoms with Crippen LogP contribution in [0, 0.1) is 0 Å². The molecule has 1 aromatic rings. The van der Waals surface area contributed by atoms with E-state index in [-0.39, 0.29) is 0 Å². The average molecular weight is 254 g/mol. The van der Waals surface area contributed by atoms with Crippen LogP contribution in [-0.4, -0.2) is 43.1 Å². The Morgan fingerprint density at radius 3 is 2.88 bits per heavy atom. The first-order valence-electron chi connectivity index (χ1n) is 6.24. The van der Waals surface area contributed by atoms with Crippen molar-refractivity contribution in [2.24, 2.45) is 0 Å². The standard InChI is InChI=1S/C13H20ClN3/c1-16(8-9-17-6-2-3-7-17)13-4-5-15-12(10-13)11-14/h4-5,10H,2-3,6-9,11H2,1H3. The van der Waals surface area contributed by atoms with Gasteiger partial charge in [0.25, 0.3) is 0 Å². The molecular formula is C13H20ClN3. The lowest BCUT2D eigenvalue weighted by atomic mass is 10.3. The summed E-state index contributed by atoms with van der Waals surface area (Å²) >= 11 is 5.80. The van der Waals surface area contributed by atoms with Crippen molar-refractivity contribution in [2.75, 3.05) is 38.1 Å². The fraction of sp³-hybridized carbons (Fsp3) is 0.615. The third kappa shape index (κ3) is 3.58. The van der Waals surface area contributed by atoms with Gasteiger partial charge in [0.15, 0.2) is 0 Å². The van der Waals surface area contributed by atoms with Crippen LogP contribution < -0.4 is 4.90 Å². The van der Waals surface area contributed by atoms with Crippen molar-refractivity contribution in [3.8, 4) is 0 Å². The molecule has 1 saturated heterocycles. The van der Waals surface area contributed by atoms with Crippen LogP contribution in [0.1, 0.15) is 18.5 Å². The number of hydrogen-bond acceptors (Lipinski definition) is 3. The highest BCUT2D eigenvalue weighted by molar-refractivity contribution is 6.16. The highest BCUT2D eigenvalue weighted by atomic mass is 35.5. The number of likely N-dealkylation sites (N-methyl/N-ethyl adjacent to an activating group) is 1. The molecule has 17 heavy (non-hydrogen) atoms. The van der Waals surface area contributed by atoms with E-state index >= 15 is 0 Å². The highest BCUT2D eigenvalue weighted by Crippen LogP contribution is 2.14. The molecule has 0 amide bonds. The summed E-state index contributed by atoms with van der Waals surface area (Å²) in [7, 11) is 2.13. The molecule has 0 bridgehead atoms. The minimum absolute atomic E-state index is 0.480. The van der Waals surface area contributed by atoms with Crippen molar-refractivity contribution in [3.63, 3.8) is 0 Å². The lowest BCUT2D eigenvalue weighted by Crippen LogP contribution is -2.31. The maximum Gasteiger partial charge on any atom is 0.0648 e. The SMILES string of the molecule is CN(CCN1CCCC1)c1ccnc(CCl)c1. The summed E-state index contributed by atoms with van der Waals surface area (Å²) in [5.74, 6) is 0.480. The van der Waals surface area contributed by atoms with Gasteiger partial charge in [0.1, 0.15) is 0 Å². The average Bonchev–Trinajstić information content (AvgIpc) is 2.89. The van der Waals surface area contributed by atoms with E-state index < -0.39 is 0 Å². The van der Waals surface area contributed by atoms with Crippen molar-refractivity contribution in [3.05, 3.63) is 24.0 Å². The third-order valence-electron chi connectivity index (χ3n) is 3.33. The third-order valence-corrected chi connectivity index (χ3v) is 3.60. The molecule has 1 aromatic heterocycles. The fourth-order valence-corrected chi connectivity index (χ4v) is 2.35. The van der Waals surface area contributed by atoms with Crippen LogP contribution in [0.5, 0.6) is 0 Å². The first kappa shape index (κ1) is 12.7. The van der Waals surface area contributed by atoms with Gasteiger partial charge in [-0.2, -0.15) is 0 Å². The molecule has 0 atom stereocenters. The largest absolute Gasteiger partial charge is 0.373 e. The molecule has 2 rings (SSSR count). The summed E-state index contributed by atoms with van der Waals surface area (Å²) in [6.45, 7) is 4.73. The van der Waals surface area contributed by atoms with Gasteiger partial charge >= 0.3 is 0 Å². The lowest BCUT2D eigenvalue weighted by Gasteiger charge is -2.23. The van der Waals surface area contributed by atoms with Gasteiger partial charge < -0.3 is 9.80 Å². The van der Waals surface area contributed by atoms with Gasteiger partial charge in [-0.15, -0.1) is 11.6 Å². The van der Waals surface area contributed by atoms with Gasteiger partial charge in [0.2, 0.25) is 0 Å². The summed E-state index contributed by atoms with van der Waals surface area (Å²) in [6, 6.07) is 4.11. The molecule has 0 aromatic carbocycles. The first-order chi connectivity index (χ1) is 8.29. The zero-order valence-corrected chi connectivity index (χ0v) is 11.2. The molecule has 94 valence electrons. The fourth-order valence-electron chi connectivity index (χ4n) is 2.20.